The Labute approximate surface area is 191 Å². The third-order valence-electron chi connectivity index (χ3n) is 5.59. The van der Waals surface area contributed by atoms with Gasteiger partial charge in [0.1, 0.15) is 23.6 Å². The van der Waals surface area contributed by atoms with Gasteiger partial charge in [0, 0.05) is 29.7 Å². The van der Waals surface area contributed by atoms with Gasteiger partial charge in [-0.05, 0) is 61.5 Å². The van der Waals surface area contributed by atoms with Gasteiger partial charge in [-0.1, -0.05) is 13.8 Å². The number of carbonyl (C=O) groups excluding carboxylic acids is 1. The van der Waals surface area contributed by atoms with Crippen LogP contribution in [0.25, 0.3) is 28.7 Å². The number of halogens is 2. The summed E-state index contributed by atoms with van der Waals surface area (Å²) in [7, 11) is 0. The molecule has 2 unspecified atom stereocenters. The molecular weight excluding hydrogens is 426 g/mol. The first kappa shape index (κ1) is 22.9. The minimum atomic E-state index is -1.14. The van der Waals surface area contributed by atoms with Gasteiger partial charge in [-0.15, -0.1) is 0 Å². The van der Waals surface area contributed by atoms with Crippen molar-refractivity contribution in [3.63, 3.8) is 0 Å². The van der Waals surface area contributed by atoms with Gasteiger partial charge in [-0.25, -0.2) is 13.8 Å². The molecule has 1 aromatic heterocycles. The van der Waals surface area contributed by atoms with Crippen LogP contribution in [0.5, 0.6) is 0 Å². The number of nitrogens with zero attached hydrogens (tertiary/aromatic N) is 2. The van der Waals surface area contributed by atoms with E-state index in [4.69, 9.17) is 9.72 Å². The number of aromatic nitrogens is 2. The number of rotatable bonds is 5. The lowest BCUT2D eigenvalue weighted by Gasteiger charge is -2.31. The minimum absolute atomic E-state index is 0.0278. The molecule has 2 heterocycles. The molecule has 0 amide bonds. The average Bonchev–Trinajstić information content (AvgIpc) is 3.12. The van der Waals surface area contributed by atoms with Crippen LogP contribution in [0.4, 0.5) is 8.78 Å². The van der Waals surface area contributed by atoms with E-state index in [0.717, 1.165) is 17.0 Å². The highest BCUT2D eigenvalue weighted by molar-refractivity contribution is 5.81. The molecule has 0 saturated carbocycles. The van der Waals surface area contributed by atoms with Crippen molar-refractivity contribution in [2.75, 3.05) is 0 Å². The SMILES string of the molecule is CC(C)c1nc(-c2ccc(F)cc2)c(-c2ccc(F)cc2)n1C=CC1CC(C)(O)CC(=O)O1. The van der Waals surface area contributed by atoms with Crippen LogP contribution in [0.15, 0.2) is 54.6 Å². The fourth-order valence-electron chi connectivity index (χ4n) is 4.06. The number of hydrogen-bond acceptors (Lipinski definition) is 4. The van der Waals surface area contributed by atoms with Crippen LogP contribution in [0.2, 0.25) is 0 Å². The number of benzene rings is 2. The lowest BCUT2D eigenvalue weighted by Crippen LogP contribution is -2.40. The van der Waals surface area contributed by atoms with Crippen molar-refractivity contribution in [3.05, 3.63) is 72.1 Å². The third kappa shape index (κ3) is 5.03. The van der Waals surface area contributed by atoms with Gasteiger partial charge in [0.2, 0.25) is 0 Å². The Morgan fingerprint density at radius 2 is 1.67 bits per heavy atom. The molecule has 1 N–H and O–H groups in total. The summed E-state index contributed by atoms with van der Waals surface area (Å²) >= 11 is 0. The quantitative estimate of drug-likeness (QED) is 0.516. The van der Waals surface area contributed by atoms with Crippen molar-refractivity contribution >= 4 is 12.2 Å². The van der Waals surface area contributed by atoms with E-state index in [1.54, 1.807) is 43.5 Å². The Morgan fingerprint density at radius 3 is 2.21 bits per heavy atom. The third-order valence-corrected chi connectivity index (χ3v) is 5.59. The van der Waals surface area contributed by atoms with E-state index < -0.39 is 17.7 Å². The number of hydrogen-bond donors (Lipinski definition) is 1. The van der Waals surface area contributed by atoms with Crippen molar-refractivity contribution in [2.24, 2.45) is 0 Å². The lowest BCUT2D eigenvalue weighted by molar-refractivity contribution is -0.163. The van der Waals surface area contributed by atoms with Crippen LogP contribution < -0.4 is 0 Å². The highest BCUT2D eigenvalue weighted by Crippen LogP contribution is 2.36. The molecule has 3 aromatic rings. The molecule has 0 spiro atoms. The summed E-state index contributed by atoms with van der Waals surface area (Å²) in [6.45, 7) is 5.61. The van der Waals surface area contributed by atoms with Crippen LogP contribution in [0.3, 0.4) is 0 Å². The fraction of sp³-hybridized carbons (Fsp3) is 0.308. The minimum Gasteiger partial charge on any atom is -0.458 e. The van der Waals surface area contributed by atoms with Crippen molar-refractivity contribution in [2.45, 2.75) is 51.2 Å². The zero-order valence-corrected chi connectivity index (χ0v) is 18.8. The number of ether oxygens (including phenoxy) is 1. The normalized spacial score (nSPS) is 21.1. The number of carbonyl (C=O) groups is 1. The highest BCUT2D eigenvalue weighted by Gasteiger charge is 2.35. The van der Waals surface area contributed by atoms with Gasteiger partial charge in [-0.2, -0.15) is 0 Å². The van der Waals surface area contributed by atoms with Crippen LogP contribution in [-0.4, -0.2) is 32.3 Å². The van der Waals surface area contributed by atoms with E-state index >= 15 is 0 Å². The van der Waals surface area contributed by atoms with E-state index in [2.05, 4.69) is 0 Å². The maximum absolute atomic E-state index is 13.7. The van der Waals surface area contributed by atoms with Crippen molar-refractivity contribution < 1.29 is 23.4 Å². The Kier molecular flexibility index (Phi) is 6.17. The van der Waals surface area contributed by atoms with Crippen molar-refractivity contribution in [1.29, 1.82) is 0 Å². The first-order chi connectivity index (χ1) is 15.6. The maximum atomic E-state index is 13.7. The lowest BCUT2D eigenvalue weighted by atomic mass is 9.92. The molecule has 5 nitrogen and oxygen atoms in total. The van der Waals surface area contributed by atoms with Gasteiger partial charge in [-0.3, -0.25) is 4.79 Å². The smallest absolute Gasteiger partial charge is 0.309 e. The standard InChI is InChI=1S/C26H26F2N2O3/c1-16(2)25-29-23(17-4-8-19(27)9-5-17)24(18-6-10-20(28)11-7-18)30(25)13-12-21-14-26(3,32)15-22(31)33-21/h4-13,16,21,32H,14-15H2,1-3H3. The zero-order chi connectivity index (χ0) is 23.8. The second-order valence-corrected chi connectivity index (χ2v) is 8.95. The van der Waals surface area contributed by atoms with Gasteiger partial charge >= 0.3 is 5.97 Å². The van der Waals surface area contributed by atoms with Gasteiger partial charge in [0.15, 0.2) is 0 Å². The molecule has 33 heavy (non-hydrogen) atoms. The molecule has 1 aliphatic rings. The van der Waals surface area contributed by atoms with E-state index in [0.29, 0.717) is 11.4 Å². The van der Waals surface area contributed by atoms with Crippen LogP contribution in [0.1, 0.15) is 45.4 Å². The second-order valence-electron chi connectivity index (χ2n) is 8.95. The molecular formula is C26H26F2N2O3. The van der Waals surface area contributed by atoms with Crippen LogP contribution >= 0.6 is 0 Å². The van der Waals surface area contributed by atoms with E-state index in [9.17, 15) is 18.7 Å². The maximum Gasteiger partial charge on any atom is 0.309 e. The summed E-state index contributed by atoms with van der Waals surface area (Å²) in [5.74, 6) is -0.402. The first-order valence-corrected chi connectivity index (χ1v) is 10.9. The Bertz CT molecular complexity index is 1180. The van der Waals surface area contributed by atoms with Gasteiger partial charge < -0.3 is 14.4 Å². The summed E-state index contributed by atoms with van der Waals surface area (Å²) in [4.78, 5) is 16.8. The fourth-order valence-corrected chi connectivity index (χ4v) is 4.06. The summed E-state index contributed by atoms with van der Waals surface area (Å²) in [5.41, 5.74) is 1.64. The molecule has 2 aromatic carbocycles. The summed E-state index contributed by atoms with van der Waals surface area (Å²) < 4.78 is 34.5. The molecule has 2 atom stereocenters. The number of imidazole rings is 1. The monoisotopic (exact) mass is 452 g/mol. The molecule has 1 fully saturated rings. The predicted octanol–water partition coefficient (Wildman–Crippen LogP) is 5.55. The Balaban J connectivity index is 1.86. The highest BCUT2D eigenvalue weighted by atomic mass is 19.1. The second kappa shape index (κ2) is 8.90. The van der Waals surface area contributed by atoms with E-state index in [-0.39, 0.29) is 30.4 Å². The Hall–Kier alpha value is -3.32. The molecule has 1 aliphatic heterocycles. The van der Waals surface area contributed by atoms with Crippen molar-refractivity contribution in [1.82, 2.24) is 9.55 Å². The molecule has 0 aliphatic carbocycles. The topological polar surface area (TPSA) is 64.3 Å². The molecule has 0 bridgehead atoms. The summed E-state index contributed by atoms with van der Waals surface area (Å²) in [5, 5.41) is 10.4. The van der Waals surface area contributed by atoms with Crippen LogP contribution in [-0.2, 0) is 9.53 Å². The largest absolute Gasteiger partial charge is 0.458 e. The Morgan fingerprint density at radius 1 is 1.09 bits per heavy atom. The first-order valence-electron chi connectivity index (χ1n) is 10.9. The number of esters is 1. The number of cyclic esters (lactones) is 1. The molecule has 7 heteroatoms. The van der Waals surface area contributed by atoms with Crippen LogP contribution in [0, 0.1) is 11.6 Å². The van der Waals surface area contributed by atoms with Gasteiger partial charge in [0.25, 0.3) is 0 Å². The summed E-state index contributed by atoms with van der Waals surface area (Å²) in [6.07, 6.45) is 3.12. The van der Waals surface area contributed by atoms with Crippen molar-refractivity contribution in [3.8, 4) is 22.5 Å². The van der Waals surface area contributed by atoms with E-state index in [1.807, 2.05) is 18.4 Å². The molecule has 1 saturated heterocycles. The number of aliphatic hydroxyl groups is 1. The zero-order valence-electron chi connectivity index (χ0n) is 18.8. The average molecular weight is 453 g/mol. The summed E-state index contributed by atoms with van der Waals surface area (Å²) in [6, 6.07) is 12.1. The molecule has 0 radical (unpaired) electrons. The van der Waals surface area contributed by atoms with Gasteiger partial charge in [0.05, 0.1) is 23.4 Å². The predicted molar refractivity (Wildman–Crippen MR) is 122 cm³/mol. The van der Waals surface area contributed by atoms with E-state index in [1.165, 1.54) is 24.3 Å². The molecule has 4 rings (SSSR count). The molecule has 172 valence electrons.